The Morgan fingerprint density at radius 1 is 1.10 bits per heavy atom. The molecule has 0 radical (unpaired) electrons. The van der Waals surface area contributed by atoms with Crippen molar-refractivity contribution in [2.45, 2.75) is 5.92 Å². The minimum Gasteiger partial charge on any atom is -0.465 e. The van der Waals surface area contributed by atoms with Crippen molar-refractivity contribution in [3.8, 4) is 0 Å². The molecule has 152 valence electrons. The normalized spacial score (nSPS) is 12.3. The van der Waals surface area contributed by atoms with Crippen LogP contribution in [0.2, 0.25) is 0 Å². The molecular weight excluding hydrogens is 374 g/mol. The van der Waals surface area contributed by atoms with Crippen LogP contribution in [0.4, 0.5) is 5.69 Å². The maximum atomic E-state index is 12.4. The highest BCUT2D eigenvalue weighted by Crippen LogP contribution is 2.31. The second-order valence-electron chi connectivity index (χ2n) is 7.42. The summed E-state index contributed by atoms with van der Waals surface area (Å²) in [5, 5.41) is 4.21. The van der Waals surface area contributed by atoms with Crippen LogP contribution in [0.25, 0.3) is 17.0 Å². The summed E-state index contributed by atoms with van der Waals surface area (Å²) in [6.45, 7) is 0.491. The molecule has 0 unspecified atom stereocenters. The predicted octanol–water partition coefficient (Wildman–Crippen LogP) is 4.79. The SMILES string of the molecule is CN(C)c1ccc([C@@H](CNC(=O)/C=C/c2ccco2)c2c[nH]c3ccccc23)cc1. The summed E-state index contributed by atoms with van der Waals surface area (Å²) in [6, 6.07) is 20.3. The van der Waals surface area contributed by atoms with Gasteiger partial charge in [0.15, 0.2) is 0 Å². The van der Waals surface area contributed by atoms with E-state index in [1.165, 1.54) is 17.0 Å². The van der Waals surface area contributed by atoms with E-state index in [-0.39, 0.29) is 11.8 Å². The minimum atomic E-state index is -0.152. The van der Waals surface area contributed by atoms with Gasteiger partial charge in [0.2, 0.25) is 5.91 Å². The van der Waals surface area contributed by atoms with Crippen LogP contribution in [-0.2, 0) is 4.79 Å². The Balaban J connectivity index is 1.59. The van der Waals surface area contributed by atoms with Gasteiger partial charge in [-0.2, -0.15) is 0 Å². The molecule has 1 amide bonds. The molecule has 0 aliphatic rings. The molecular formula is C25H25N3O2. The van der Waals surface area contributed by atoms with Crippen LogP contribution < -0.4 is 10.2 Å². The van der Waals surface area contributed by atoms with E-state index in [0.717, 1.165) is 16.8 Å². The topological polar surface area (TPSA) is 61.3 Å². The summed E-state index contributed by atoms with van der Waals surface area (Å²) in [5.74, 6) is 0.525. The maximum Gasteiger partial charge on any atom is 0.244 e. The molecule has 0 saturated heterocycles. The zero-order valence-electron chi connectivity index (χ0n) is 17.1. The Morgan fingerprint density at radius 2 is 1.90 bits per heavy atom. The highest BCUT2D eigenvalue weighted by Gasteiger charge is 2.19. The van der Waals surface area contributed by atoms with E-state index >= 15 is 0 Å². The largest absolute Gasteiger partial charge is 0.465 e. The molecule has 0 spiro atoms. The smallest absolute Gasteiger partial charge is 0.244 e. The van der Waals surface area contributed by atoms with E-state index in [0.29, 0.717) is 12.3 Å². The quantitative estimate of drug-likeness (QED) is 0.439. The van der Waals surface area contributed by atoms with Gasteiger partial charge in [0.1, 0.15) is 5.76 Å². The second-order valence-corrected chi connectivity index (χ2v) is 7.42. The van der Waals surface area contributed by atoms with Crippen LogP contribution in [0.5, 0.6) is 0 Å². The van der Waals surface area contributed by atoms with Crippen molar-refractivity contribution in [2.75, 3.05) is 25.5 Å². The average molecular weight is 399 g/mol. The van der Waals surface area contributed by atoms with Gasteiger partial charge in [-0.05, 0) is 47.5 Å². The first-order valence-corrected chi connectivity index (χ1v) is 9.94. The van der Waals surface area contributed by atoms with Gasteiger partial charge in [-0.25, -0.2) is 0 Å². The Labute approximate surface area is 176 Å². The van der Waals surface area contributed by atoms with Crippen molar-refractivity contribution in [3.05, 3.63) is 96.1 Å². The molecule has 0 fully saturated rings. The van der Waals surface area contributed by atoms with Crippen molar-refractivity contribution in [1.29, 1.82) is 0 Å². The number of furan rings is 1. The molecule has 0 bridgehead atoms. The van der Waals surface area contributed by atoms with E-state index in [1.54, 1.807) is 18.4 Å². The molecule has 2 aromatic carbocycles. The summed E-state index contributed by atoms with van der Waals surface area (Å²) in [5.41, 5.74) is 4.55. The number of amides is 1. The van der Waals surface area contributed by atoms with Gasteiger partial charge in [-0.1, -0.05) is 30.3 Å². The maximum absolute atomic E-state index is 12.4. The number of aromatic nitrogens is 1. The van der Waals surface area contributed by atoms with Crippen molar-refractivity contribution >= 4 is 28.6 Å². The number of nitrogens with zero attached hydrogens (tertiary/aromatic N) is 1. The number of rotatable bonds is 7. The molecule has 2 heterocycles. The van der Waals surface area contributed by atoms with Crippen LogP contribution >= 0.6 is 0 Å². The molecule has 30 heavy (non-hydrogen) atoms. The van der Waals surface area contributed by atoms with E-state index < -0.39 is 0 Å². The van der Waals surface area contributed by atoms with Crippen molar-refractivity contribution in [3.63, 3.8) is 0 Å². The third-order valence-electron chi connectivity index (χ3n) is 5.23. The van der Waals surface area contributed by atoms with Gasteiger partial charge in [0.25, 0.3) is 0 Å². The Kier molecular flexibility index (Phi) is 5.70. The molecule has 2 N–H and O–H groups in total. The molecule has 0 aliphatic carbocycles. The van der Waals surface area contributed by atoms with E-state index in [4.69, 9.17) is 4.42 Å². The highest BCUT2D eigenvalue weighted by molar-refractivity contribution is 5.91. The van der Waals surface area contributed by atoms with Crippen LogP contribution in [0.3, 0.4) is 0 Å². The summed E-state index contributed by atoms with van der Waals surface area (Å²) in [6.07, 6.45) is 6.80. The minimum absolute atomic E-state index is 0.0262. The summed E-state index contributed by atoms with van der Waals surface area (Å²) < 4.78 is 5.24. The third kappa shape index (κ3) is 4.30. The predicted molar refractivity (Wildman–Crippen MR) is 122 cm³/mol. The summed E-state index contributed by atoms with van der Waals surface area (Å²) >= 11 is 0. The van der Waals surface area contributed by atoms with Crippen molar-refractivity contribution < 1.29 is 9.21 Å². The number of carbonyl (C=O) groups is 1. The molecule has 5 nitrogen and oxygen atoms in total. The Bertz CT molecular complexity index is 1140. The van der Waals surface area contributed by atoms with Crippen LogP contribution in [-0.4, -0.2) is 31.5 Å². The molecule has 4 aromatic rings. The first kappa shape index (κ1) is 19.6. The number of benzene rings is 2. The number of nitrogens with one attached hydrogen (secondary N) is 2. The fourth-order valence-electron chi connectivity index (χ4n) is 3.60. The highest BCUT2D eigenvalue weighted by atomic mass is 16.3. The standard InChI is InChI=1S/C25H25N3O2/c1-28(2)19-11-9-18(10-12-19)22(23-17-26-24-8-4-3-7-21(23)24)16-27-25(29)14-13-20-6-5-15-30-20/h3-15,17,22,26H,16H2,1-2H3,(H,27,29)/b14-13+/t22-/m1/s1. The fraction of sp³-hybridized carbons (Fsp3) is 0.160. The van der Waals surface area contributed by atoms with E-state index in [2.05, 4.69) is 51.6 Å². The number of aromatic amines is 1. The van der Waals surface area contributed by atoms with Gasteiger partial charge in [0, 0.05) is 55.4 Å². The first-order valence-electron chi connectivity index (χ1n) is 9.94. The number of anilines is 1. The van der Waals surface area contributed by atoms with Gasteiger partial charge < -0.3 is 19.6 Å². The Morgan fingerprint density at radius 3 is 2.63 bits per heavy atom. The lowest BCUT2D eigenvalue weighted by molar-refractivity contribution is -0.116. The molecule has 2 aromatic heterocycles. The number of carbonyl (C=O) groups excluding carboxylic acids is 1. The number of hydrogen-bond acceptors (Lipinski definition) is 3. The van der Waals surface area contributed by atoms with Gasteiger partial charge >= 0.3 is 0 Å². The lowest BCUT2D eigenvalue weighted by atomic mass is 9.90. The zero-order valence-corrected chi connectivity index (χ0v) is 17.1. The van der Waals surface area contributed by atoms with Gasteiger partial charge in [0.05, 0.1) is 6.26 Å². The number of fused-ring (bicyclic) bond motifs is 1. The second kappa shape index (κ2) is 8.74. The number of hydrogen-bond donors (Lipinski definition) is 2. The van der Waals surface area contributed by atoms with Crippen LogP contribution in [0.1, 0.15) is 22.8 Å². The van der Waals surface area contributed by atoms with Crippen LogP contribution in [0, 0.1) is 0 Å². The van der Waals surface area contributed by atoms with Crippen molar-refractivity contribution in [1.82, 2.24) is 10.3 Å². The van der Waals surface area contributed by atoms with Crippen molar-refractivity contribution in [2.24, 2.45) is 0 Å². The third-order valence-corrected chi connectivity index (χ3v) is 5.23. The lowest BCUT2D eigenvalue weighted by Crippen LogP contribution is -2.27. The number of para-hydroxylation sites is 1. The van der Waals surface area contributed by atoms with E-state index in [9.17, 15) is 4.79 Å². The first-order chi connectivity index (χ1) is 14.6. The molecule has 4 rings (SSSR count). The Hall–Kier alpha value is -3.73. The molecule has 1 atom stereocenters. The summed E-state index contributed by atoms with van der Waals surface area (Å²) in [7, 11) is 4.05. The molecule has 0 saturated carbocycles. The zero-order chi connectivity index (χ0) is 20.9. The molecule has 0 aliphatic heterocycles. The monoisotopic (exact) mass is 399 g/mol. The fourth-order valence-corrected chi connectivity index (χ4v) is 3.60. The summed E-state index contributed by atoms with van der Waals surface area (Å²) in [4.78, 5) is 17.8. The lowest BCUT2D eigenvalue weighted by Gasteiger charge is -2.19. The average Bonchev–Trinajstić information content (AvgIpc) is 3.43. The number of H-pyrrole nitrogens is 1. The van der Waals surface area contributed by atoms with E-state index in [1.807, 2.05) is 38.5 Å². The van der Waals surface area contributed by atoms with Gasteiger partial charge in [-0.3, -0.25) is 4.79 Å². The molecule has 5 heteroatoms. The van der Waals surface area contributed by atoms with Gasteiger partial charge in [-0.15, -0.1) is 0 Å². The van der Waals surface area contributed by atoms with Crippen LogP contribution in [0.15, 0.2) is 83.6 Å².